The van der Waals surface area contributed by atoms with Crippen LogP contribution in [0.3, 0.4) is 0 Å². The molecule has 0 bridgehead atoms. The average molecular weight is 314 g/mol. The average Bonchev–Trinajstić information content (AvgIpc) is 3.02. The number of thioether (sulfide) groups is 1. The second kappa shape index (κ2) is 5.93. The maximum absolute atomic E-state index is 3.78. The molecule has 118 valence electrons. The normalized spacial score (nSPS) is 23.3. The van der Waals surface area contributed by atoms with Crippen molar-refractivity contribution in [3.8, 4) is 0 Å². The van der Waals surface area contributed by atoms with Crippen molar-refractivity contribution in [1.82, 2.24) is 9.88 Å². The summed E-state index contributed by atoms with van der Waals surface area (Å²) in [6.07, 6.45) is 10.3. The Morgan fingerprint density at radius 1 is 1.23 bits per heavy atom. The minimum absolute atomic E-state index is 0.732. The third-order valence-electron chi connectivity index (χ3n) is 5.77. The number of hydrogen-bond acceptors (Lipinski definition) is 2. The number of nitrogens with one attached hydrogen (secondary N) is 1. The Hall–Kier alpha value is -0.930. The standard InChI is InChI=1S/C19H26N2S/c1-21-10-4-7-14(21)11-17-16-12-15(22-2)8-9-18(16)20-19(17)13-5-3-6-13/h8-9,12-14,20H,3-7,10-11H2,1-2H3. The van der Waals surface area contributed by atoms with Crippen LogP contribution in [-0.4, -0.2) is 35.8 Å². The van der Waals surface area contributed by atoms with E-state index in [0.29, 0.717) is 0 Å². The fourth-order valence-corrected chi connectivity index (χ4v) is 4.55. The quantitative estimate of drug-likeness (QED) is 0.818. The van der Waals surface area contributed by atoms with Gasteiger partial charge >= 0.3 is 0 Å². The molecule has 0 spiro atoms. The Bertz CT molecular complexity index is 671. The molecule has 1 saturated carbocycles. The van der Waals surface area contributed by atoms with Gasteiger partial charge in [-0.3, -0.25) is 0 Å². The molecule has 0 amide bonds. The van der Waals surface area contributed by atoms with Gasteiger partial charge in [-0.15, -0.1) is 11.8 Å². The molecule has 1 N–H and O–H groups in total. The summed E-state index contributed by atoms with van der Waals surface area (Å²) in [5, 5.41) is 1.48. The minimum atomic E-state index is 0.732. The lowest BCUT2D eigenvalue weighted by Crippen LogP contribution is -2.27. The lowest BCUT2D eigenvalue weighted by atomic mass is 9.80. The predicted octanol–water partition coefficient (Wildman–Crippen LogP) is 4.79. The minimum Gasteiger partial charge on any atom is -0.358 e. The number of likely N-dealkylation sites (N-methyl/N-ethyl adjacent to an activating group) is 1. The molecular formula is C19H26N2S. The number of hydrogen-bond donors (Lipinski definition) is 1. The summed E-state index contributed by atoms with van der Waals surface area (Å²) in [6.45, 7) is 1.27. The van der Waals surface area contributed by atoms with Gasteiger partial charge in [0, 0.05) is 27.5 Å². The second-order valence-corrected chi connectivity index (χ2v) is 7.92. The lowest BCUT2D eigenvalue weighted by molar-refractivity contribution is 0.308. The van der Waals surface area contributed by atoms with Gasteiger partial charge < -0.3 is 9.88 Å². The predicted molar refractivity (Wildman–Crippen MR) is 96.0 cm³/mol. The van der Waals surface area contributed by atoms with Gasteiger partial charge in [0.25, 0.3) is 0 Å². The maximum atomic E-state index is 3.78. The van der Waals surface area contributed by atoms with Crippen molar-refractivity contribution in [1.29, 1.82) is 0 Å². The van der Waals surface area contributed by atoms with Crippen LogP contribution < -0.4 is 0 Å². The zero-order chi connectivity index (χ0) is 15.1. The summed E-state index contributed by atoms with van der Waals surface area (Å²) < 4.78 is 0. The van der Waals surface area contributed by atoms with Crippen LogP contribution in [0.5, 0.6) is 0 Å². The smallest absolute Gasteiger partial charge is 0.0459 e. The fraction of sp³-hybridized carbons (Fsp3) is 0.579. The largest absolute Gasteiger partial charge is 0.358 e. The van der Waals surface area contributed by atoms with Crippen molar-refractivity contribution in [2.45, 2.75) is 55.4 Å². The third-order valence-corrected chi connectivity index (χ3v) is 6.50. The molecule has 1 aromatic carbocycles. The highest BCUT2D eigenvalue weighted by Gasteiger charge is 2.28. The Balaban J connectivity index is 1.77. The van der Waals surface area contributed by atoms with E-state index in [1.807, 2.05) is 11.8 Å². The van der Waals surface area contributed by atoms with Gasteiger partial charge in [0.05, 0.1) is 0 Å². The number of aromatic amines is 1. The Kier molecular flexibility index (Phi) is 3.95. The van der Waals surface area contributed by atoms with E-state index >= 15 is 0 Å². The van der Waals surface area contributed by atoms with Crippen molar-refractivity contribution in [2.24, 2.45) is 0 Å². The first kappa shape index (κ1) is 14.6. The van der Waals surface area contributed by atoms with Crippen LogP contribution in [0.25, 0.3) is 10.9 Å². The van der Waals surface area contributed by atoms with E-state index in [2.05, 4.69) is 41.4 Å². The first-order valence-electron chi connectivity index (χ1n) is 8.65. The van der Waals surface area contributed by atoms with Gasteiger partial charge in [-0.05, 0) is 81.6 Å². The van der Waals surface area contributed by atoms with Crippen LogP contribution in [0.15, 0.2) is 23.1 Å². The molecule has 4 rings (SSSR count). The fourth-order valence-electron chi connectivity index (χ4n) is 4.11. The molecule has 1 atom stereocenters. The zero-order valence-corrected chi connectivity index (χ0v) is 14.5. The summed E-state index contributed by atoms with van der Waals surface area (Å²) in [4.78, 5) is 7.72. The van der Waals surface area contributed by atoms with E-state index in [1.54, 1.807) is 11.3 Å². The van der Waals surface area contributed by atoms with Crippen molar-refractivity contribution in [2.75, 3.05) is 19.8 Å². The van der Waals surface area contributed by atoms with Gasteiger partial charge in [-0.2, -0.15) is 0 Å². The van der Waals surface area contributed by atoms with E-state index in [4.69, 9.17) is 0 Å². The molecule has 1 saturated heterocycles. The Morgan fingerprint density at radius 3 is 2.73 bits per heavy atom. The highest BCUT2D eigenvalue weighted by Crippen LogP contribution is 2.41. The van der Waals surface area contributed by atoms with Crippen molar-refractivity contribution >= 4 is 22.7 Å². The molecule has 0 radical (unpaired) electrons. The van der Waals surface area contributed by atoms with Crippen LogP contribution in [0, 0.1) is 0 Å². The van der Waals surface area contributed by atoms with E-state index in [1.165, 1.54) is 60.9 Å². The molecule has 1 aliphatic heterocycles. The molecule has 22 heavy (non-hydrogen) atoms. The van der Waals surface area contributed by atoms with Gasteiger partial charge in [0.2, 0.25) is 0 Å². The third kappa shape index (κ3) is 2.48. The van der Waals surface area contributed by atoms with Crippen molar-refractivity contribution in [3.63, 3.8) is 0 Å². The molecule has 1 aliphatic carbocycles. The molecule has 2 heterocycles. The summed E-state index contributed by atoms with van der Waals surface area (Å²) in [5.74, 6) is 0.784. The lowest BCUT2D eigenvalue weighted by Gasteiger charge is -2.27. The first-order chi connectivity index (χ1) is 10.8. The van der Waals surface area contributed by atoms with Crippen LogP contribution in [0.4, 0.5) is 0 Å². The maximum Gasteiger partial charge on any atom is 0.0459 e. The van der Waals surface area contributed by atoms with Crippen LogP contribution in [0.2, 0.25) is 0 Å². The summed E-state index contributed by atoms with van der Waals surface area (Å²) in [7, 11) is 2.29. The number of fused-ring (bicyclic) bond motifs is 1. The second-order valence-electron chi connectivity index (χ2n) is 7.04. The van der Waals surface area contributed by atoms with E-state index < -0.39 is 0 Å². The highest BCUT2D eigenvalue weighted by molar-refractivity contribution is 7.98. The monoisotopic (exact) mass is 314 g/mol. The van der Waals surface area contributed by atoms with Gasteiger partial charge in [0.1, 0.15) is 0 Å². The van der Waals surface area contributed by atoms with Crippen LogP contribution >= 0.6 is 11.8 Å². The summed E-state index contributed by atoms with van der Waals surface area (Å²) >= 11 is 1.85. The van der Waals surface area contributed by atoms with Crippen LogP contribution in [-0.2, 0) is 6.42 Å². The molecule has 2 nitrogen and oxygen atoms in total. The Morgan fingerprint density at radius 2 is 2.09 bits per heavy atom. The van der Waals surface area contributed by atoms with Gasteiger partial charge in [-0.25, -0.2) is 0 Å². The number of rotatable bonds is 4. The highest BCUT2D eigenvalue weighted by atomic mass is 32.2. The van der Waals surface area contributed by atoms with Crippen molar-refractivity contribution in [3.05, 3.63) is 29.5 Å². The molecule has 2 aromatic rings. The number of H-pyrrole nitrogens is 1. The zero-order valence-electron chi connectivity index (χ0n) is 13.7. The van der Waals surface area contributed by atoms with Gasteiger partial charge in [0.15, 0.2) is 0 Å². The molecule has 2 fully saturated rings. The van der Waals surface area contributed by atoms with E-state index in [9.17, 15) is 0 Å². The van der Waals surface area contributed by atoms with Crippen LogP contribution in [0.1, 0.15) is 49.3 Å². The molecular weight excluding hydrogens is 288 g/mol. The van der Waals surface area contributed by atoms with E-state index in [-0.39, 0.29) is 0 Å². The number of benzene rings is 1. The molecule has 1 unspecified atom stereocenters. The Labute approximate surface area is 137 Å². The van der Waals surface area contributed by atoms with E-state index in [0.717, 1.165) is 12.0 Å². The summed E-state index contributed by atoms with van der Waals surface area (Å²) in [5.41, 5.74) is 4.52. The molecule has 2 aliphatic rings. The number of aromatic nitrogens is 1. The number of likely N-dealkylation sites (tertiary alicyclic amines) is 1. The summed E-state index contributed by atoms with van der Waals surface area (Å²) in [6, 6.07) is 7.67. The molecule has 1 aromatic heterocycles. The van der Waals surface area contributed by atoms with Gasteiger partial charge in [-0.1, -0.05) is 6.42 Å². The molecule has 3 heteroatoms. The van der Waals surface area contributed by atoms with Crippen molar-refractivity contribution < 1.29 is 0 Å². The number of nitrogens with zero attached hydrogens (tertiary/aromatic N) is 1. The first-order valence-corrected chi connectivity index (χ1v) is 9.87. The topological polar surface area (TPSA) is 19.0 Å². The SMILES string of the molecule is CSc1ccc2[nH]c(C3CCC3)c(CC3CCCN3C)c2c1.